The molecule has 3 nitrogen and oxygen atoms in total. The van der Waals surface area contributed by atoms with Gasteiger partial charge in [0.2, 0.25) is 0 Å². The first-order valence-corrected chi connectivity index (χ1v) is 8.59. The molecule has 0 spiro atoms. The van der Waals surface area contributed by atoms with Gasteiger partial charge in [-0.3, -0.25) is 16.2 Å². The normalized spacial score (nSPS) is 23.6. The topological polar surface area (TPSA) is 41.3 Å². The Balaban J connectivity index is 2.01. The fourth-order valence-corrected chi connectivity index (χ4v) is 4.61. The summed E-state index contributed by atoms with van der Waals surface area (Å²) in [4.78, 5) is 2.63. The zero-order valence-corrected chi connectivity index (χ0v) is 13.8. The van der Waals surface area contributed by atoms with Gasteiger partial charge in [-0.1, -0.05) is 36.0 Å². The van der Waals surface area contributed by atoms with Crippen LogP contribution in [0.4, 0.5) is 0 Å². The molecule has 5 heteroatoms. The van der Waals surface area contributed by atoms with Crippen LogP contribution in [0.25, 0.3) is 0 Å². The molecule has 1 aliphatic heterocycles. The molecule has 3 N–H and O–H groups in total. The third kappa shape index (κ3) is 2.82. The van der Waals surface area contributed by atoms with E-state index in [1.54, 1.807) is 0 Å². The SMILES string of the molecule is NNC(c1cc(Cl)ccc1Cl)C1(N2CCCC2)CCCC1. The van der Waals surface area contributed by atoms with Crippen molar-refractivity contribution in [3.05, 3.63) is 33.8 Å². The van der Waals surface area contributed by atoms with Crippen LogP contribution in [0.1, 0.15) is 50.1 Å². The van der Waals surface area contributed by atoms with Crippen molar-refractivity contribution in [2.24, 2.45) is 5.84 Å². The molecule has 0 amide bonds. The van der Waals surface area contributed by atoms with Gasteiger partial charge in [0.05, 0.1) is 6.04 Å². The van der Waals surface area contributed by atoms with Crippen LogP contribution in [0.3, 0.4) is 0 Å². The molecule has 1 aromatic rings. The van der Waals surface area contributed by atoms with E-state index in [1.165, 1.54) is 38.5 Å². The second-order valence-corrected chi connectivity index (χ2v) is 7.11. The van der Waals surface area contributed by atoms with E-state index in [1.807, 2.05) is 18.2 Å². The second kappa shape index (κ2) is 6.43. The first-order chi connectivity index (χ1) is 10.2. The van der Waals surface area contributed by atoms with E-state index in [0.29, 0.717) is 5.02 Å². The molecular formula is C16H23Cl2N3. The fourth-order valence-electron chi connectivity index (χ4n) is 4.21. The Hall–Kier alpha value is -0.320. The van der Waals surface area contributed by atoms with Crippen molar-refractivity contribution < 1.29 is 0 Å². The molecule has 1 saturated heterocycles. The number of nitrogens with one attached hydrogen (secondary N) is 1. The lowest BCUT2D eigenvalue weighted by molar-refractivity contribution is 0.0765. The quantitative estimate of drug-likeness (QED) is 0.650. The number of hydrazine groups is 1. The molecular weight excluding hydrogens is 305 g/mol. The Morgan fingerprint density at radius 2 is 1.76 bits per heavy atom. The molecule has 0 radical (unpaired) electrons. The van der Waals surface area contributed by atoms with Crippen LogP contribution in [0.5, 0.6) is 0 Å². The molecule has 0 bridgehead atoms. The Bertz CT molecular complexity index is 494. The number of hydrogen-bond donors (Lipinski definition) is 2. The van der Waals surface area contributed by atoms with Crippen LogP contribution in [-0.2, 0) is 0 Å². The zero-order valence-electron chi connectivity index (χ0n) is 12.2. The van der Waals surface area contributed by atoms with Gasteiger partial charge in [0.25, 0.3) is 0 Å². The lowest BCUT2D eigenvalue weighted by Gasteiger charge is -2.45. The minimum Gasteiger partial charge on any atom is -0.296 e. The summed E-state index contributed by atoms with van der Waals surface area (Å²) in [5, 5.41) is 1.46. The predicted octanol–water partition coefficient (Wildman–Crippen LogP) is 3.91. The van der Waals surface area contributed by atoms with E-state index in [0.717, 1.165) is 23.7 Å². The van der Waals surface area contributed by atoms with Crippen molar-refractivity contribution >= 4 is 23.2 Å². The standard InChI is InChI=1S/C16H23Cl2N3/c17-12-5-6-14(18)13(11-12)15(20-19)16(7-1-2-8-16)21-9-3-4-10-21/h5-6,11,15,20H,1-4,7-10,19H2. The average molecular weight is 328 g/mol. The van der Waals surface area contributed by atoms with Crippen LogP contribution in [0, 0.1) is 0 Å². The summed E-state index contributed by atoms with van der Waals surface area (Å²) >= 11 is 12.6. The van der Waals surface area contributed by atoms with Crippen LogP contribution in [0.15, 0.2) is 18.2 Å². The molecule has 3 rings (SSSR count). The molecule has 1 saturated carbocycles. The highest BCUT2D eigenvalue weighted by Gasteiger charge is 2.47. The molecule has 0 aromatic heterocycles. The molecule has 1 atom stereocenters. The van der Waals surface area contributed by atoms with E-state index in [-0.39, 0.29) is 11.6 Å². The van der Waals surface area contributed by atoms with Gasteiger partial charge < -0.3 is 0 Å². The van der Waals surface area contributed by atoms with E-state index < -0.39 is 0 Å². The minimum absolute atomic E-state index is 0.0318. The van der Waals surface area contributed by atoms with Gasteiger partial charge in [0, 0.05) is 15.6 Å². The fraction of sp³-hybridized carbons (Fsp3) is 0.625. The van der Waals surface area contributed by atoms with E-state index in [4.69, 9.17) is 29.0 Å². The molecule has 2 aliphatic rings. The maximum atomic E-state index is 6.44. The average Bonchev–Trinajstić information content (AvgIpc) is 3.14. The van der Waals surface area contributed by atoms with Crippen molar-refractivity contribution in [3.8, 4) is 0 Å². The highest BCUT2D eigenvalue weighted by atomic mass is 35.5. The lowest BCUT2D eigenvalue weighted by Crippen LogP contribution is -2.55. The van der Waals surface area contributed by atoms with Gasteiger partial charge in [0.1, 0.15) is 0 Å². The van der Waals surface area contributed by atoms with Crippen LogP contribution >= 0.6 is 23.2 Å². The summed E-state index contributed by atoms with van der Waals surface area (Å²) in [5.41, 5.74) is 4.17. The minimum atomic E-state index is 0.0318. The highest BCUT2D eigenvalue weighted by molar-refractivity contribution is 6.33. The first-order valence-electron chi connectivity index (χ1n) is 7.83. The largest absolute Gasteiger partial charge is 0.296 e. The van der Waals surface area contributed by atoms with E-state index in [2.05, 4.69) is 10.3 Å². The van der Waals surface area contributed by atoms with Crippen molar-refractivity contribution in [3.63, 3.8) is 0 Å². The van der Waals surface area contributed by atoms with Crippen molar-refractivity contribution in [2.45, 2.75) is 50.1 Å². The molecule has 1 aliphatic carbocycles. The van der Waals surface area contributed by atoms with E-state index >= 15 is 0 Å². The van der Waals surface area contributed by atoms with Gasteiger partial charge >= 0.3 is 0 Å². The van der Waals surface area contributed by atoms with Gasteiger partial charge in [0.15, 0.2) is 0 Å². The monoisotopic (exact) mass is 327 g/mol. The van der Waals surface area contributed by atoms with Crippen LogP contribution in [0.2, 0.25) is 10.0 Å². The van der Waals surface area contributed by atoms with E-state index in [9.17, 15) is 0 Å². The number of nitrogens with two attached hydrogens (primary N) is 1. The number of likely N-dealkylation sites (tertiary alicyclic amines) is 1. The number of hydrogen-bond acceptors (Lipinski definition) is 3. The molecule has 21 heavy (non-hydrogen) atoms. The third-order valence-electron chi connectivity index (χ3n) is 5.18. The Labute approximate surface area is 136 Å². The summed E-state index contributed by atoms with van der Waals surface area (Å²) in [5.74, 6) is 5.98. The summed E-state index contributed by atoms with van der Waals surface area (Å²) in [6, 6.07) is 5.70. The maximum Gasteiger partial charge on any atom is 0.0658 e. The van der Waals surface area contributed by atoms with Gasteiger partial charge in [-0.05, 0) is 62.5 Å². The summed E-state index contributed by atoms with van der Waals surface area (Å²) < 4.78 is 0. The van der Waals surface area contributed by atoms with Crippen LogP contribution in [-0.4, -0.2) is 23.5 Å². The summed E-state index contributed by atoms with van der Waals surface area (Å²) in [6.07, 6.45) is 7.42. The molecule has 2 fully saturated rings. The molecule has 116 valence electrons. The second-order valence-electron chi connectivity index (χ2n) is 6.27. The van der Waals surface area contributed by atoms with Crippen molar-refractivity contribution in [1.82, 2.24) is 10.3 Å². The predicted molar refractivity (Wildman–Crippen MR) is 88.5 cm³/mol. The summed E-state index contributed by atoms with van der Waals surface area (Å²) in [7, 11) is 0. The number of nitrogens with zero attached hydrogens (tertiary/aromatic N) is 1. The molecule has 1 aromatic carbocycles. The Kier molecular flexibility index (Phi) is 4.77. The summed E-state index contributed by atoms with van der Waals surface area (Å²) in [6.45, 7) is 2.33. The lowest BCUT2D eigenvalue weighted by atomic mass is 9.82. The number of halogens is 2. The van der Waals surface area contributed by atoms with Gasteiger partial charge in [-0.15, -0.1) is 0 Å². The van der Waals surface area contributed by atoms with Crippen LogP contribution < -0.4 is 11.3 Å². The van der Waals surface area contributed by atoms with Gasteiger partial charge in [-0.2, -0.15) is 0 Å². The first kappa shape index (κ1) is 15.6. The zero-order chi connectivity index (χ0) is 14.9. The number of rotatable bonds is 4. The number of benzene rings is 1. The van der Waals surface area contributed by atoms with Gasteiger partial charge in [-0.25, -0.2) is 0 Å². The van der Waals surface area contributed by atoms with Crippen molar-refractivity contribution in [2.75, 3.05) is 13.1 Å². The smallest absolute Gasteiger partial charge is 0.0658 e. The molecule has 1 heterocycles. The van der Waals surface area contributed by atoms with Crippen molar-refractivity contribution in [1.29, 1.82) is 0 Å². The third-order valence-corrected chi connectivity index (χ3v) is 5.76. The highest BCUT2D eigenvalue weighted by Crippen LogP contribution is 2.47. The Morgan fingerprint density at radius 1 is 1.10 bits per heavy atom. The Morgan fingerprint density at radius 3 is 2.38 bits per heavy atom. The molecule has 1 unspecified atom stereocenters. The maximum absolute atomic E-state index is 6.44.